The smallest absolute Gasteiger partial charge is 0.272 e. The van der Waals surface area contributed by atoms with Crippen LogP contribution in [-0.4, -0.2) is 28.3 Å². The van der Waals surface area contributed by atoms with Crippen molar-refractivity contribution < 1.29 is 4.79 Å². The number of amides is 1. The van der Waals surface area contributed by atoms with Crippen molar-refractivity contribution in [3.8, 4) is 0 Å². The highest BCUT2D eigenvalue weighted by Gasteiger charge is 2.15. The minimum absolute atomic E-state index is 0.0305. The number of aryl methyl sites for hydroxylation is 1. The second-order valence-electron chi connectivity index (χ2n) is 4.34. The molecule has 0 saturated heterocycles. The maximum Gasteiger partial charge on any atom is 0.272 e. The summed E-state index contributed by atoms with van der Waals surface area (Å²) in [5.74, 6) is 0.187. The van der Waals surface area contributed by atoms with Gasteiger partial charge >= 0.3 is 0 Å². The maximum absolute atomic E-state index is 11.8. The van der Waals surface area contributed by atoms with E-state index >= 15 is 0 Å². The average Bonchev–Trinajstić information content (AvgIpc) is 2.60. The highest BCUT2D eigenvalue weighted by molar-refractivity contribution is 5.92. The van der Waals surface area contributed by atoms with Crippen LogP contribution in [0, 0.1) is 0 Å². The molecule has 0 unspecified atom stereocenters. The Labute approximate surface area is 96.0 Å². The Morgan fingerprint density at radius 3 is 2.62 bits per heavy atom. The molecule has 16 heavy (non-hydrogen) atoms. The summed E-state index contributed by atoms with van der Waals surface area (Å²) in [6, 6.07) is 1.79. The summed E-state index contributed by atoms with van der Waals surface area (Å²) in [5.41, 5.74) is 6.94. The maximum atomic E-state index is 11.8. The minimum atomic E-state index is -0.166. The van der Waals surface area contributed by atoms with Gasteiger partial charge in [-0.05, 0) is 18.9 Å². The first-order valence-electron chi connectivity index (χ1n) is 5.50. The van der Waals surface area contributed by atoms with Crippen LogP contribution in [0.25, 0.3) is 0 Å². The molecule has 0 fully saturated rings. The van der Waals surface area contributed by atoms with Gasteiger partial charge in [0.25, 0.3) is 5.91 Å². The molecule has 90 valence electrons. The Kier molecular flexibility index (Phi) is 4.06. The summed E-state index contributed by atoms with van der Waals surface area (Å²) in [5, 5.41) is 6.97. The predicted octanol–water partition coefficient (Wildman–Crippen LogP) is 0.621. The molecule has 3 N–H and O–H groups in total. The quantitative estimate of drug-likeness (QED) is 0.787. The van der Waals surface area contributed by atoms with Crippen molar-refractivity contribution in [1.82, 2.24) is 15.1 Å². The molecule has 0 spiro atoms. The molecule has 5 nitrogen and oxygen atoms in total. The second-order valence-corrected chi connectivity index (χ2v) is 4.34. The van der Waals surface area contributed by atoms with Gasteiger partial charge in [-0.15, -0.1) is 0 Å². The second kappa shape index (κ2) is 5.12. The largest absolute Gasteiger partial charge is 0.347 e. The zero-order valence-corrected chi connectivity index (χ0v) is 10.3. The van der Waals surface area contributed by atoms with Crippen LogP contribution in [0.3, 0.4) is 0 Å². The predicted molar refractivity (Wildman–Crippen MR) is 63.3 cm³/mol. The molecule has 1 heterocycles. The van der Waals surface area contributed by atoms with Gasteiger partial charge in [0, 0.05) is 25.3 Å². The lowest BCUT2D eigenvalue weighted by Gasteiger charge is -2.08. The fraction of sp³-hybridized carbons (Fsp3) is 0.636. The monoisotopic (exact) mass is 224 g/mol. The van der Waals surface area contributed by atoms with Gasteiger partial charge in [-0.2, -0.15) is 5.10 Å². The van der Waals surface area contributed by atoms with Gasteiger partial charge in [0.2, 0.25) is 0 Å². The van der Waals surface area contributed by atoms with Gasteiger partial charge < -0.3 is 11.1 Å². The number of hydrogen-bond acceptors (Lipinski definition) is 3. The number of nitrogens with one attached hydrogen (secondary N) is 1. The number of nitrogens with two attached hydrogens (primary N) is 1. The zero-order chi connectivity index (χ0) is 12.3. The Morgan fingerprint density at radius 2 is 2.19 bits per heavy atom. The fourth-order valence-electron chi connectivity index (χ4n) is 1.49. The van der Waals surface area contributed by atoms with E-state index < -0.39 is 0 Å². The van der Waals surface area contributed by atoms with E-state index in [9.17, 15) is 4.79 Å². The third-order valence-electron chi connectivity index (χ3n) is 2.47. The third-order valence-corrected chi connectivity index (χ3v) is 2.47. The van der Waals surface area contributed by atoms with Crippen LogP contribution in [0.2, 0.25) is 0 Å². The summed E-state index contributed by atoms with van der Waals surface area (Å²) >= 11 is 0. The van der Waals surface area contributed by atoms with E-state index in [0.717, 1.165) is 5.69 Å². The molecular weight excluding hydrogens is 204 g/mol. The number of aromatic nitrogens is 2. The first-order chi connectivity index (χ1) is 7.45. The summed E-state index contributed by atoms with van der Waals surface area (Å²) in [4.78, 5) is 11.8. The first-order valence-corrected chi connectivity index (χ1v) is 5.50. The molecule has 0 radical (unpaired) electrons. The van der Waals surface area contributed by atoms with Crippen molar-refractivity contribution in [3.63, 3.8) is 0 Å². The lowest BCUT2D eigenvalue weighted by Crippen LogP contribution is -2.38. The molecule has 0 saturated carbocycles. The highest BCUT2D eigenvalue weighted by Crippen LogP contribution is 2.14. The lowest BCUT2D eigenvalue weighted by atomic mass is 10.1. The molecular formula is C11H20N4O. The number of rotatable bonds is 4. The lowest BCUT2D eigenvalue weighted by molar-refractivity contribution is 0.0935. The van der Waals surface area contributed by atoms with E-state index in [4.69, 9.17) is 5.73 Å². The average molecular weight is 224 g/mol. The molecule has 1 amide bonds. The highest BCUT2D eigenvalue weighted by atomic mass is 16.2. The van der Waals surface area contributed by atoms with Gasteiger partial charge in [0.05, 0.1) is 0 Å². The molecule has 0 bridgehead atoms. The normalized spacial score (nSPS) is 12.9. The van der Waals surface area contributed by atoms with Gasteiger partial charge in [-0.25, -0.2) is 0 Å². The van der Waals surface area contributed by atoms with E-state index in [1.807, 2.05) is 20.0 Å². The minimum Gasteiger partial charge on any atom is -0.347 e. The van der Waals surface area contributed by atoms with Crippen LogP contribution in [0.1, 0.15) is 42.9 Å². The van der Waals surface area contributed by atoms with Crippen LogP contribution in [0.4, 0.5) is 0 Å². The number of hydrogen-bond donors (Lipinski definition) is 2. The van der Waals surface area contributed by atoms with Crippen LogP contribution in [0.15, 0.2) is 6.07 Å². The van der Waals surface area contributed by atoms with Crippen molar-refractivity contribution in [3.05, 3.63) is 17.5 Å². The molecule has 0 aliphatic carbocycles. The fourth-order valence-corrected chi connectivity index (χ4v) is 1.49. The summed E-state index contributed by atoms with van der Waals surface area (Å²) < 4.78 is 1.74. The van der Waals surface area contributed by atoms with Crippen LogP contribution < -0.4 is 11.1 Å². The molecule has 5 heteroatoms. The zero-order valence-electron chi connectivity index (χ0n) is 10.3. The summed E-state index contributed by atoms with van der Waals surface area (Å²) in [7, 11) is 1.85. The molecule has 1 aromatic rings. The Hall–Kier alpha value is -1.36. The van der Waals surface area contributed by atoms with Gasteiger partial charge in [-0.3, -0.25) is 9.48 Å². The van der Waals surface area contributed by atoms with Crippen molar-refractivity contribution >= 4 is 5.91 Å². The summed E-state index contributed by atoms with van der Waals surface area (Å²) in [6.45, 7) is 6.43. The van der Waals surface area contributed by atoms with Crippen molar-refractivity contribution in [1.29, 1.82) is 0 Å². The van der Waals surface area contributed by atoms with E-state index in [0.29, 0.717) is 18.2 Å². The van der Waals surface area contributed by atoms with Gasteiger partial charge in [0.1, 0.15) is 5.69 Å². The number of carbonyl (C=O) groups is 1. The van der Waals surface area contributed by atoms with E-state index in [2.05, 4.69) is 24.3 Å². The topological polar surface area (TPSA) is 72.9 Å². The molecule has 1 aromatic heterocycles. The Morgan fingerprint density at radius 1 is 1.56 bits per heavy atom. The van der Waals surface area contributed by atoms with Crippen molar-refractivity contribution in [2.75, 3.05) is 6.54 Å². The molecule has 1 rings (SSSR count). The van der Waals surface area contributed by atoms with E-state index in [1.54, 1.807) is 4.68 Å². The van der Waals surface area contributed by atoms with Crippen LogP contribution in [-0.2, 0) is 7.05 Å². The summed E-state index contributed by atoms with van der Waals surface area (Å²) in [6.07, 6.45) is 0. The molecule has 0 aliphatic heterocycles. The number of nitrogens with zero attached hydrogens (tertiary/aromatic N) is 2. The Bertz CT molecular complexity index is 370. The standard InChI is InChI=1S/C11H20N4O/c1-7(2)10-5-9(14-15(10)4)11(16)13-8(3)6-12/h5,7-8H,6,12H2,1-4H3,(H,13,16)/t8-/m0/s1. The van der Waals surface area contributed by atoms with E-state index in [-0.39, 0.29) is 11.9 Å². The third kappa shape index (κ3) is 2.82. The molecule has 0 aliphatic rings. The Balaban J connectivity index is 2.81. The molecule has 0 aromatic carbocycles. The SMILES string of the molecule is CC(C)c1cc(C(=O)N[C@@H](C)CN)nn1C. The van der Waals surface area contributed by atoms with Crippen molar-refractivity contribution in [2.45, 2.75) is 32.7 Å². The van der Waals surface area contributed by atoms with Gasteiger partial charge in [-0.1, -0.05) is 13.8 Å². The number of carbonyl (C=O) groups excluding carboxylic acids is 1. The first kappa shape index (κ1) is 12.7. The van der Waals surface area contributed by atoms with Crippen LogP contribution in [0.5, 0.6) is 0 Å². The van der Waals surface area contributed by atoms with E-state index in [1.165, 1.54) is 0 Å². The van der Waals surface area contributed by atoms with Gasteiger partial charge in [0.15, 0.2) is 0 Å². The van der Waals surface area contributed by atoms with Crippen molar-refractivity contribution in [2.24, 2.45) is 12.8 Å². The molecule has 1 atom stereocenters. The van der Waals surface area contributed by atoms with Crippen LogP contribution >= 0.6 is 0 Å².